The van der Waals surface area contributed by atoms with Gasteiger partial charge in [0.15, 0.2) is 0 Å². The highest BCUT2D eigenvalue weighted by Gasteiger charge is 2.27. The minimum absolute atomic E-state index is 0.279. The number of carbonyl (C=O) groups is 1. The summed E-state index contributed by atoms with van der Waals surface area (Å²) in [5, 5.41) is 17.4. The minimum Gasteiger partial charge on any atom is -0.480 e. The Morgan fingerprint density at radius 2 is 2.17 bits per heavy atom. The summed E-state index contributed by atoms with van der Waals surface area (Å²) in [4.78, 5) is 11.4. The van der Waals surface area contributed by atoms with Crippen LogP contribution < -0.4 is 0 Å². The first-order valence-corrected chi connectivity index (χ1v) is 6.36. The van der Waals surface area contributed by atoms with E-state index < -0.39 is 12.0 Å². The van der Waals surface area contributed by atoms with Gasteiger partial charge in [-0.1, -0.05) is 26.0 Å². The minimum atomic E-state index is -0.810. The topological polar surface area (TPSA) is 68.0 Å². The van der Waals surface area contributed by atoms with Gasteiger partial charge in [-0.3, -0.25) is 0 Å². The van der Waals surface area contributed by atoms with Crippen molar-refractivity contribution in [3.8, 4) is 0 Å². The SMILES string of the molecule is CC(C)CC(C(=O)O)n1cnnc1C1CC=CC1. The number of carboxylic acids is 1. The molecule has 5 heteroatoms. The molecule has 1 atom stereocenters. The average molecular weight is 249 g/mol. The van der Waals surface area contributed by atoms with Gasteiger partial charge in [-0.25, -0.2) is 4.79 Å². The molecule has 0 radical (unpaired) electrons. The summed E-state index contributed by atoms with van der Waals surface area (Å²) >= 11 is 0. The summed E-state index contributed by atoms with van der Waals surface area (Å²) in [6, 6.07) is -0.560. The van der Waals surface area contributed by atoms with Gasteiger partial charge in [0.05, 0.1) is 0 Å². The molecule has 0 saturated heterocycles. The van der Waals surface area contributed by atoms with E-state index >= 15 is 0 Å². The van der Waals surface area contributed by atoms with Crippen molar-refractivity contribution < 1.29 is 9.90 Å². The van der Waals surface area contributed by atoms with Crippen LogP contribution in [0.3, 0.4) is 0 Å². The molecule has 0 spiro atoms. The number of nitrogens with zero attached hydrogens (tertiary/aromatic N) is 3. The molecule has 1 heterocycles. The summed E-state index contributed by atoms with van der Waals surface area (Å²) in [5.74, 6) is 0.591. The molecule has 1 aliphatic carbocycles. The Balaban J connectivity index is 2.24. The molecule has 0 bridgehead atoms. The van der Waals surface area contributed by atoms with Crippen LogP contribution in [0.15, 0.2) is 18.5 Å². The third-order valence-corrected chi connectivity index (χ3v) is 3.29. The Morgan fingerprint density at radius 1 is 1.50 bits per heavy atom. The number of allylic oxidation sites excluding steroid dienone is 2. The van der Waals surface area contributed by atoms with E-state index in [9.17, 15) is 9.90 Å². The van der Waals surface area contributed by atoms with Gasteiger partial charge in [0.1, 0.15) is 18.2 Å². The Morgan fingerprint density at radius 3 is 2.72 bits per heavy atom. The summed E-state index contributed by atoms with van der Waals surface area (Å²) in [7, 11) is 0. The van der Waals surface area contributed by atoms with Gasteiger partial charge in [-0.05, 0) is 25.2 Å². The van der Waals surface area contributed by atoms with Crippen molar-refractivity contribution in [2.24, 2.45) is 5.92 Å². The number of carboxylic acid groups (broad SMARTS) is 1. The third-order valence-electron chi connectivity index (χ3n) is 3.29. The molecular weight excluding hydrogens is 230 g/mol. The van der Waals surface area contributed by atoms with Crippen molar-refractivity contribution in [2.75, 3.05) is 0 Å². The maximum absolute atomic E-state index is 11.4. The molecule has 1 N–H and O–H groups in total. The molecule has 18 heavy (non-hydrogen) atoms. The van der Waals surface area contributed by atoms with Gasteiger partial charge >= 0.3 is 5.97 Å². The molecule has 1 aliphatic rings. The van der Waals surface area contributed by atoms with Gasteiger partial charge in [0.25, 0.3) is 0 Å². The summed E-state index contributed by atoms with van der Waals surface area (Å²) in [6.07, 6.45) is 8.22. The van der Waals surface area contributed by atoms with Crippen LogP contribution in [0, 0.1) is 5.92 Å². The molecule has 0 aliphatic heterocycles. The molecule has 0 aromatic carbocycles. The number of aliphatic carboxylic acids is 1. The standard InChI is InChI=1S/C13H19N3O2/c1-9(2)7-11(13(17)18)16-8-14-15-12(16)10-5-3-4-6-10/h3-4,8-11H,5-7H2,1-2H3,(H,17,18). The molecule has 0 amide bonds. The normalized spacial score (nSPS) is 17.5. The maximum atomic E-state index is 11.4. The van der Waals surface area contributed by atoms with E-state index in [0.717, 1.165) is 18.7 Å². The molecule has 2 rings (SSSR count). The van der Waals surface area contributed by atoms with E-state index in [2.05, 4.69) is 22.3 Å². The average Bonchev–Trinajstić information content (AvgIpc) is 2.95. The molecule has 1 aromatic heterocycles. The molecule has 1 unspecified atom stereocenters. The Bertz CT molecular complexity index is 443. The second-order valence-corrected chi connectivity index (χ2v) is 5.22. The van der Waals surface area contributed by atoms with E-state index in [1.54, 1.807) is 10.9 Å². The fourth-order valence-corrected chi connectivity index (χ4v) is 2.39. The van der Waals surface area contributed by atoms with Gasteiger partial charge in [-0.2, -0.15) is 0 Å². The van der Waals surface area contributed by atoms with Gasteiger partial charge in [0.2, 0.25) is 0 Å². The zero-order valence-corrected chi connectivity index (χ0v) is 10.8. The van der Waals surface area contributed by atoms with Crippen LogP contribution in [0.4, 0.5) is 0 Å². The predicted octanol–water partition coefficient (Wildman–Crippen LogP) is 2.38. The quantitative estimate of drug-likeness (QED) is 0.813. The van der Waals surface area contributed by atoms with Gasteiger partial charge in [0, 0.05) is 5.92 Å². The van der Waals surface area contributed by atoms with Crippen LogP contribution in [0.25, 0.3) is 0 Å². The van der Waals surface area contributed by atoms with Gasteiger partial charge in [-0.15, -0.1) is 10.2 Å². The number of hydrogen-bond donors (Lipinski definition) is 1. The van der Waals surface area contributed by atoms with Crippen LogP contribution in [-0.2, 0) is 4.79 Å². The highest BCUT2D eigenvalue weighted by molar-refractivity contribution is 5.72. The lowest BCUT2D eigenvalue weighted by molar-refractivity contribution is -0.141. The van der Waals surface area contributed by atoms with Crippen molar-refractivity contribution in [3.63, 3.8) is 0 Å². The van der Waals surface area contributed by atoms with Gasteiger partial charge < -0.3 is 9.67 Å². The number of rotatable bonds is 5. The molecule has 5 nitrogen and oxygen atoms in total. The van der Waals surface area contributed by atoms with Crippen LogP contribution in [0.1, 0.15) is 50.9 Å². The van der Waals surface area contributed by atoms with Crippen molar-refractivity contribution in [3.05, 3.63) is 24.3 Å². The molecular formula is C13H19N3O2. The first-order valence-electron chi connectivity index (χ1n) is 6.36. The first-order chi connectivity index (χ1) is 8.59. The highest BCUT2D eigenvalue weighted by Crippen LogP contribution is 2.30. The monoisotopic (exact) mass is 249 g/mol. The first kappa shape index (κ1) is 12.8. The lowest BCUT2D eigenvalue weighted by Crippen LogP contribution is -2.23. The summed E-state index contributed by atoms with van der Waals surface area (Å²) in [6.45, 7) is 4.05. The number of hydrogen-bond acceptors (Lipinski definition) is 3. The van der Waals surface area contributed by atoms with Crippen LogP contribution in [0.5, 0.6) is 0 Å². The zero-order chi connectivity index (χ0) is 13.1. The molecule has 0 fully saturated rings. The molecule has 1 aromatic rings. The molecule has 0 saturated carbocycles. The van der Waals surface area contributed by atoms with Crippen molar-refractivity contribution in [1.29, 1.82) is 0 Å². The zero-order valence-electron chi connectivity index (χ0n) is 10.8. The second-order valence-electron chi connectivity index (χ2n) is 5.22. The van der Waals surface area contributed by atoms with E-state index in [1.807, 2.05) is 13.8 Å². The fraction of sp³-hybridized carbons (Fsp3) is 0.615. The van der Waals surface area contributed by atoms with Crippen molar-refractivity contribution in [1.82, 2.24) is 14.8 Å². The largest absolute Gasteiger partial charge is 0.480 e. The van der Waals surface area contributed by atoms with Crippen LogP contribution in [0.2, 0.25) is 0 Å². The van der Waals surface area contributed by atoms with E-state index in [-0.39, 0.29) is 5.92 Å². The fourth-order valence-electron chi connectivity index (χ4n) is 2.39. The van der Waals surface area contributed by atoms with Crippen LogP contribution >= 0.6 is 0 Å². The van der Waals surface area contributed by atoms with E-state index in [0.29, 0.717) is 12.3 Å². The third kappa shape index (κ3) is 2.60. The predicted molar refractivity (Wildman–Crippen MR) is 67.3 cm³/mol. The lowest BCUT2D eigenvalue weighted by Gasteiger charge is -2.19. The van der Waals surface area contributed by atoms with Crippen molar-refractivity contribution >= 4 is 5.97 Å². The highest BCUT2D eigenvalue weighted by atomic mass is 16.4. The Hall–Kier alpha value is -1.65. The van der Waals surface area contributed by atoms with E-state index in [4.69, 9.17) is 0 Å². The summed E-state index contributed by atoms with van der Waals surface area (Å²) < 4.78 is 1.74. The Kier molecular flexibility index (Phi) is 3.79. The number of aromatic nitrogens is 3. The van der Waals surface area contributed by atoms with E-state index in [1.165, 1.54) is 0 Å². The maximum Gasteiger partial charge on any atom is 0.326 e. The molecule has 98 valence electrons. The second kappa shape index (κ2) is 5.33. The smallest absolute Gasteiger partial charge is 0.326 e. The Labute approximate surface area is 107 Å². The lowest BCUT2D eigenvalue weighted by atomic mass is 10.0. The van der Waals surface area contributed by atoms with Crippen molar-refractivity contribution in [2.45, 2.75) is 45.1 Å². The van der Waals surface area contributed by atoms with Crippen LogP contribution in [-0.4, -0.2) is 25.8 Å². The summed E-state index contributed by atoms with van der Waals surface area (Å²) in [5.41, 5.74) is 0.